The van der Waals surface area contributed by atoms with Crippen LogP contribution in [-0.4, -0.2) is 17.5 Å². The maximum absolute atomic E-state index is 10.9. The lowest BCUT2D eigenvalue weighted by molar-refractivity contribution is -0.116. The second-order valence-corrected chi connectivity index (χ2v) is 6.68. The van der Waals surface area contributed by atoms with Crippen molar-refractivity contribution in [3.63, 3.8) is 0 Å². The van der Waals surface area contributed by atoms with Gasteiger partial charge in [-0.1, -0.05) is 17.7 Å². The second-order valence-electron chi connectivity index (χ2n) is 6.68. The first-order chi connectivity index (χ1) is 9.30. The molecule has 0 saturated carbocycles. The number of ether oxygens (including phenoxy) is 1. The molecule has 0 amide bonds. The van der Waals surface area contributed by atoms with Crippen LogP contribution in [0.25, 0.3) is 0 Å². The van der Waals surface area contributed by atoms with Crippen LogP contribution < -0.4 is 0 Å². The van der Waals surface area contributed by atoms with Crippen molar-refractivity contribution in [3.8, 4) is 0 Å². The van der Waals surface area contributed by atoms with Crippen LogP contribution in [0.4, 0.5) is 0 Å². The van der Waals surface area contributed by atoms with Crippen LogP contribution in [0.2, 0.25) is 0 Å². The van der Waals surface area contributed by atoms with Crippen LogP contribution in [0.1, 0.15) is 73.1 Å². The summed E-state index contributed by atoms with van der Waals surface area (Å²) in [6.07, 6.45) is 10.8. The molecule has 0 aliphatic carbocycles. The summed E-state index contributed by atoms with van der Waals surface area (Å²) in [6, 6.07) is 0. The van der Waals surface area contributed by atoms with Gasteiger partial charge in [-0.15, -0.1) is 0 Å². The number of rotatable bonds is 7. The molecule has 0 radical (unpaired) electrons. The first-order valence-corrected chi connectivity index (χ1v) is 7.80. The van der Waals surface area contributed by atoms with Crippen molar-refractivity contribution in [2.45, 2.75) is 84.8 Å². The fourth-order valence-corrected chi connectivity index (χ4v) is 2.59. The van der Waals surface area contributed by atoms with Gasteiger partial charge in [0.15, 0.2) is 0 Å². The van der Waals surface area contributed by atoms with Gasteiger partial charge in [-0.05, 0) is 72.3 Å². The molecule has 0 aromatic heterocycles. The maximum Gasteiger partial charge on any atom is 0.130 e. The second kappa shape index (κ2) is 7.78. The average Bonchev–Trinajstić information content (AvgIpc) is 2.69. The Morgan fingerprint density at radius 2 is 1.80 bits per heavy atom. The lowest BCUT2D eigenvalue weighted by Gasteiger charge is -2.19. The summed E-state index contributed by atoms with van der Waals surface area (Å²) in [7, 11) is 0. The number of hydrogen-bond donors (Lipinski definition) is 0. The summed E-state index contributed by atoms with van der Waals surface area (Å²) in [6.45, 7) is 10.3. The fourth-order valence-electron chi connectivity index (χ4n) is 2.59. The van der Waals surface area contributed by atoms with Crippen LogP contribution in [0.3, 0.4) is 0 Å². The molecule has 20 heavy (non-hydrogen) atoms. The molecule has 1 atom stereocenters. The summed E-state index contributed by atoms with van der Waals surface area (Å²) < 4.78 is 6.04. The quantitative estimate of drug-likeness (QED) is 0.613. The third-order valence-electron chi connectivity index (χ3n) is 3.97. The van der Waals surface area contributed by atoms with E-state index < -0.39 is 0 Å². The van der Waals surface area contributed by atoms with E-state index in [0.29, 0.717) is 12.5 Å². The average molecular weight is 278 g/mol. The van der Waals surface area contributed by atoms with Crippen molar-refractivity contribution in [1.82, 2.24) is 0 Å². The lowest BCUT2D eigenvalue weighted by atomic mass is 10.0. The van der Waals surface area contributed by atoms with Crippen LogP contribution >= 0.6 is 0 Å². The Bertz CT molecular complexity index is 388. The fraction of sp³-hybridized carbons (Fsp3) is 0.722. The SMILES string of the molecule is CC(=O)CCC=C(C)CCC=C(C)C1CCC(C)(C)O1. The first-order valence-electron chi connectivity index (χ1n) is 7.80. The minimum Gasteiger partial charge on any atom is -0.368 e. The Labute approximate surface area is 124 Å². The molecule has 2 heteroatoms. The molecule has 1 unspecified atom stereocenters. The zero-order valence-electron chi connectivity index (χ0n) is 13.8. The predicted octanol–water partition coefficient (Wildman–Crippen LogP) is 4.99. The summed E-state index contributed by atoms with van der Waals surface area (Å²) in [5.74, 6) is 0.269. The summed E-state index contributed by atoms with van der Waals surface area (Å²) in [4.78, 5) is 10.9. The van der Waals surface area contributed by atoms with E-state index in [9.17, 15) is 4.79 Å². The van der Waals surface area contributed by atoms with Gasteiger partial charge in [0, 0.05) is 6.42 Å². The zero-order valence-corrected chi connectivity index (χ0v) is 13.8. The summed E-state index contributed by atoms with van der Waals surface area (Å²) in [5, 5.41) is 0. The highest BCUT2D eigenvalue weighted by atomic mass is 16.5. The van der Waals surface area contributed by atoms with Crippen LogP contribution in [0.15, 0.2) is 23.3 Å². The molecule has 0 N–H and O–H groups in total. The van der Waals surface area contributed by atoms with E-state index in [-0.39, 0.29) is 11.4 Å². The van der Waals surface area contributed by atoms with Crippen molar-refractivity contribution >= 4 is 5.78 Å². The van der Waals surface area contributed by atoms with Gasteiger partial charge in [0.25, 0.3) is 0 Å². The highest BCUT2D eigenvalue weighted by Crippen LogP contribution is 2.32. The van der Waals surface area contributed by atoms with E-state index in [2.05, 4.69) is 39.8 Å². The number of hydrogen-bond acceptors (Lipinski definition) is 2. The molecule has 1 aliphatic heterocycles. The predicted molar refractivity (Wildman–Crippen MR) is 84.8 cm³/mol. The Balaban J connectivity index is 2.31. The Kier molecular flexibility index (Phi) is 6.67. The van der Waals surface area contributed by atoms with E-state index in [4.69, 9.17) is 4.74 Å². The molecule has 1 saturated heterocycles. The third kappa shape index (κ3) is 6.51. The highest BCUT2D eigenvalue weighted by Gasteiger charge is 2.32. The molecule has 1 fully saturated rings. The van der Waals surface area contributed by atoms with Crippen LogP contribution in [0.5, 0.6) is 0 Å². The van der Waals surface area contributed by atoms with Gasteiger partial charge in [0.2, 0.25) is 0 Å². The zero-order chi connectivity index (χ0) is 15.2. The Morgan fingerprint density at radius 1 is 1.15 bits per heavy atom. The van der Waals surface area contributed by atoms with E-state index in [0.717, 1.165) is 32.1 Å². The van der Waals surface area contributed by atoms with Gasteiger partial charge < -0.3 is 9.53 Å². The number of carbonyl (C=O) groups is 1. The smallest absolute Gasteiger partial charge is 0.130 e. The third-order valence-corrected chi connectivity index (χ3v) is 3.97. The minimum absolute atomic E-state index is 0.0439. The molecule has 1 rings (SSSR count). The van der Waals surface area contributed by atoms with Gasteiger partial charge in [0.1, 0.15) is 5.78 Å². The van der Waals surface area contributed by atoms with Crippen molar-refractivity contribution < 1.29 is 9.53 Å². The van der Waals surface area contributed by atoms with Crippen LogP contribution in [-0.2, 0) is 9.53 Å². The van der Waals surface area contributed by atoms with Gasteiger partial charge in [-0.2, -0.15) is 0 Å². The van der Waals surface area contributed by atoms with Crippen molar-refractivity contribution in [2.24, 2.45) is 0 Å². The molecule has 0 bridgehead atoms. The number of ketones is 1. The number of Topliss-reactive ketones (excluding diaryl/α,β-unsaturated/α-hetero) is 1. The Morgan fingerprint density at radius 3 is 2.35 bits per heavy atom. The highest BCUT2D eigenvalue weighted by molar-refractivity contribution is 5.75. The molecule has 1 aliphatic rings. The first kappa shape index (κ1) is 17.2. The maximum atomic E-state index is 10.9. The molecule has 114 valence electrons. The van der Waals surface area contributed by atoms with Gasteiger partial charge in [-0.3, -0.25) is 0 Å². The standard InChI is InChI=1S/C18H30O2/c1-14(9-7-11-16(3)19)8-6-10-15(2)17-12-13-18(4,5)20-17/h9-10,17H,6-8,11-13H2,1-5H3. The van der Waals surface area contributed by atoms with Crippen molar-refractivity contribution in [1.29, 1.82) is 0 Å². The molecular formula is C18H30O2. The van der Waals surface area contributed by atoms with E-state index in [1.807, 2.05) is 0 Å². The van der Waals surface area contributed by atoms with E-state index in [1.165, 1.54) is 11.1 Å². The topological polar surface area (TPSA) is 26.3 Å². The summed E-state index contributed by atoms with van der Waals surface area (Å²) in [5.41, 5.74) is 2.79. The molecule has 2 nitrogen and oxygen atoms in total. The Hall–Kier alpha value is -0.890. The molecule has 0 aromatic carbocycles. The number of carbonyl (C=O) groups excluding carboxylic acids is 1. The normalized spacial score (nSPS) is 23.1. The van der Waals surface area contributed by atoms with Crippen molar-refractivity contribution in [3.05, 3.63) is 23.3 Å². The molecule has 0 aromatic rings. The molecule has 1 heterocycles. The van der Waals surface area contributed by atoms with E-state index in [1.54, 1.807) is 6.92 Å². The van der Waals surface area contributed by atoms with Crippen molar-refractivity contribution in [2.75, 3.05) is 0 Å². The molecule has 0 spiro atoms. The number of allylic oxidation sites excluding steroid dienone is 3. The monoisotopic (exact) mass is 278 g/mol. The van der Waals surface area contributed by atoms with Crippen LogP contribution in [0, 0.1) is 0 Å². The minimum atomic E-state index is 0.0439. The van der Waals surface area contributed by atoms with E-state index >= 15 is 0 Å². The van der Waals surface area contributed by atoms with Gasteiger partial charge in [-0.25, -0.2) is 0 Å². The summed E-state index contributed by atoms with van der Waals surface area (Å²) >= 11 is 0. The lowest BCUT2D eigenvalue weighted by Crippen LogP contribution is -2.20. The molecular weight excluding hydrogens is 248 g/mol. The van der Waals surface area contributed by atoms with Gasteiger partial charge >= 0.3 is 0 Å². The largest absolute Gasteiger partial charge is 0.368 e. The van der Waals surface area contributed by atoms with Gasteiger partial charge in [0.05, 0.1) is 11.7 Å².